The number of rotatable bonds is 3. The van der Waals surface area contributed by atoms with Gasteiger partial charge in [0, 0.05) is 22.2 Å². The van der Waals surface area contributed by atoms with Crippen molar-refractivity contribution in [2.45, 2.75) is 33.0 Å². The van der Waals surface area contributed by atoms with Gasteiger partial charge >= 0.3 is 0 Å². The average molecular weight is 366 g/mol. The maximum Gasteiger partial charge on any atom is 0.183 e. The van der Waals surface area contributed by atoms with Gasteiger partial charge in [0.1, 0.15) is 0 Å². The molecule has 0 fully saturated rings. The molecule has 2 aromatic carbocycles. The third kappa shape index (κ3) is 2.96. The molecule has 0 spiro atoms. The minimum absolute atomic E-state index is 0.245. The zero-order chi connectivity index (χ0) is 18.3. The van der Waals surface area contributed by atoms with Crippen molar-refractivity contribution in [2.24, 2.45) is 4.99 Å². The van der Waals surface area contributed by atoms with Crippen LogP contribution in [-0.2, 0) is 0 Å². The van der Waals surface area contributed by atoms with E-state index in [1.165, 1.54) is 0 Å². The second-order valence-corrected chi connectivity index (χ2v) is 7.20. The second kappa shape index (κ2) is 6.71. The number of benzene rings is 2. The minimum Gasteiger partial charge on any atom is -0.357 e. The quantitative estimate of drug-likeness (QED) is 0.698. The van der Waals surface area contributed by atoms with E-state index in [-0.39, 0.29) is 12.2 Å². The maximum absolute atomic E-state index is 6.08. The van der Waals surface area contributed by atoms with Gasteiger partial charge in [-0.2, -0.15) is 0 Å². The van der Waals surface area contributed by atoms with E-state index in [0.29, 0.717) is 5.02 Å². The van der Waals surface area contributed by atoms with Crippen molar-refractivity contribution in [1.29, 1.82) is 0 Å². The number of aryl methyl sites for hydroxylation is 1. The van der Waals surface area contributed by atoms with Gasteiger partial charge in [-0.25, -0.2) is 0 Å². The van der Waals surface area contributed by atoms with Crippen LogP contribution in [0.2, 0.25) is 5.02 Å². The largest absolute Gasteiger partial charge is 0.357 e. The lowest BCUT2D eigenvalue weighted by molar-refractivity contribution is 0.331. The first-order valence-corrected chi connectivity index (χ1v) is 9.08. The highest BCUT2D eigenvalue weighted by atomic mass is 35.5. The monoisotopic (exact) mass is 365 g/mol. The maximum atomic E-state index is 6.08. The summed E-state index contributed by atoms with van der Waals surface area (Å²) < 4.78 is 5.70. The number of nitrogens with zero attached hydrogens (tertiary/aromatic N) is 2. The van der Waals surface area contributed by atoms with E-state index in [1.807, 2.05) is 43.3 Å². The average Bonchev–Trinajstić information content (AvgIpc) is 2.94. The highest BCUT2D eigenvalue weighted by molar-refractivity contribution is 6.30. The van der Waals surface area contributed by atoms with Gasteiger partial charge in [-0.3, -0.25) is 10.3 Å². The van der Waals surface area contributed by atoms with E-state index in [0.717, 1.165) is 39.4 Å². The Hall–Kier alpha value is -2.43. The van der Waals surface area contributed by atoms with Crippen molar-refractivity contribution >= 4 is 17.3 Å². The summed E-state index contributed by atoms with van der Waals surface area (Å²) in [6.07, 6.45) is -0.302. The van der Waals surface area contributed by atoms with Gasteiger partial charge in [-0.1, -0.05) is 53.2 Å². The lowest BCUT2D eigenvalue weighted by Crippen LogP contribution is -2.27. The molecule has 26 heavy (non-hydrogen) atoms. The van der Waals surface area contributed by atoms with Crippen molar-refractivity contribution in [3.05, 3.63) is 76.1 Å². The van der Waals surface area contributed by atoms with Gasteiger partial charge < -0.3 is 4.52 Å². The van der Waals surface area contributed by atoms with Crippen LogP contribution in [0.3, 0.4) is 0 Å². The molecule has 1 aromatic heterocycles. The number of hydrogen-bond donors (Lipinski definition) is 1. The van der Waals surface area contributed by atoms with Crippen molar-refractivity contribution in [3.8, 4) is 11.1 Å². The number of aliphatic imine (C=N–C) groups is 1. The van der Waals surface area contributed by atoms with Crippen LogP contribution < -0.4 is 5.32 Å². The third-order valence-electron chi connectivity index (χ3n) is 4.46. The Morgan fingerprint density at radius 3 is 2.42 bits per heavy atom. The lowest BCUT2D eigenvalue weighted by Gasteiger charge is -2.16. The molecule has 1 atom stereocenters. The van der Waals surface area contributed by atoms with Gasteiger partial charge in [-0.05, 0) is 38.5 Å². The Bertz CT molecular complexity index is 973. The van der Waals surface area contributed by atoms with E-state index in [2.05, 4.69) is 36.5 Å². The molecule has 1 N–H and O–H groups in total. The van der Waals surface area contributed by atoms with Crippen molar-refractivity contribution in [3.63, 3.8) is 0 Å². The Labute approximate surface area is 157 Å². The molecular formula is C21H20ClN3O. The van der Waals surface area contributed by atoms with Gasteiger partial charge in [0.15, 0.2) is 11.9 Å². The fraction of sp³-hybridized carbons (Fsp3) is 0.238. The highest BCUT2D eigenvalue weighted by Gasteiger charge is 2.30. The SMILES string of the molecule is Cc1noc2c1-c1ccccc1C(c1ccc(Cl)cc1)=N[C@H]2NC(C)C. The summed E-state index contributed by atoms with van der Waals surface area (Å²) in [6, 6.07) is 16.3. The summed E-state index contributed by atoms with van der Waals surface area (Å²) in [6.45, 7) is 6.16. The van der Waals surface area contributed by atoms with E-state index >= 15 is 0 Å². The molecule has 0 saturated carbocycles. The molecule has 3 aromatic rings. The number of fused-ring (bicyclic) bond motifs is 3. The predicted octanol–water partition coefficient (Wildman–Crippen LogP) is 5.15. The number of hydrogen-bond acceptors (Lipinski definition) is 4. The van der Waals surface area contributed by atoms with Crippen LogP contribution in [0, 0.1) is 6.92 Å². The fourth-order valence-corrected chi connectivity index (χ4v) is 3.46. The van der Waals surface area contributed by atoms with Crippen LogP contribution in [-0.4, -0.2) is 16.9 Å². The van der Waals surface area contributed by atoms with Gasteiger partial charge in [0.05, 0.1) is 17.0 Å². The lowest BCUT2D eigenvalue weighted by atomic mass is 9.93. The summed E-state index contributed by atoms with van der Waals surface area (Å²) in [4.78, 5) is 5.04. The summed E-state index contributed by atoms with van der Waals surface area (Å²) in [5, 5.41) is 8.40. The topological polar surface area (TPSA) is 50.4 Å². The summed E-state index contributed by atoms with van der Waals surface area (Å²) in [5.74, 6) is 0.757. The second-order valence-electron chi connectivity index (χ2n) is 6.76. The Morgan fingerprint density at radius 1 is 1.04 bits per heavy atom. The van der Waals surface area contributed by atoms with Crippen molar-refractivity contribution in [2.75, 3.05) is 0 Å². The van der Waals surface area contributed by atoms with E-state index in [1.54, 1.807) is 0 Å². The molecule has 1 aliphatic rings. The third-order valence-corrected chi connectivity index (χ3v) is 4.71. The molecule has 0 aliphatic carbocycles. The number of halogens is 1. The van der Waals surface area contributed by atoms with Crippen LogP contribution in [0.15, 0.2) is 58.0 Å². The Morgan fingerprint density at radius 2 is 1.73 bits per heavy atom. The molecule has 5 heteroatoms. The fourth-order valence-electron chi connectivity index (χ4n) is 3.33. The van der Waals surface area contributed by atoms with Gasteiger partial charge in [-0.15, -0.1) is 0 Å². The molecule has 0 bridgehead atoms. The van der Waals surface area contributed by atoms with Crippen molar-refractivity contribution < 1.29 is 4.52 Å². The number of nitrogens with one attached hydrogen (secondary N) is 1. The molecule has 2 heterocycles. The minimum atomic E-state index is -0.302. The zero-order valence-electron chi connectivity index (χ0n) is 15.0. The molecule has 1 aliphatic heterocycles. The highest BCUT2D eigenvalue weighted by Crippen LogP contribution is 2.38. The first kappa shape index (κ1) is 17.0. The molecule has 0 amide bonds. The van der Waals surface area contributed by atoms with Gasteiger partial charge in [0.2, 0.25) is 0 Å². The smallest absolute Gasteiger partial charge is 0.183 e. The predicted molar refractivity (Wildman–Crippen MR) is 105 cm³/mol. The first-order chi connectivity index (χ1) is 12.5. The first-order valence-electron chi connectivity index (χ1n) is 8.70. The Kier molecular flexibility index (Phi) is 4.39. The molecule has 0 unspecified atom stereocenters. The molecule has 4 nitrogen and oxygen atoms in total. The van der Waals surface area contributed by atoms with E-state index in [4.69, 9.17) is 21.1 Å². The van der Waals surface area contributed by atoms with Gasteiger partial charge in [0.25, 0.3) is 0 Å². The molecule has 0 saturated heterocycles. The van der Waals surface area contributed by atoms with E-state index in [9.17, 15) is 0 Å². The number of aromatic nitrogens is 1. The summed E-state index contributed by atoms with van der Waals surface area (Å²) in [5.41, 5.74) is 5.98. The van der Waals surface area contributed by atoms with Crippen LogP contribution >= 0.6 is 11.6 Å². The summed E-state index contributed by atoms with van der Waals surface area (Å²) >= 11 is 6.08. The normalized spacial score (nSPS) is 16.0. The Balaban J connectivity index is 1.98. The van der Waals surface area contributed by atoms with E-state index < -0.39 is 0 Å². The molecular weight excluding hydrogens is 346 g/mol. The standard InChI is InChI=1S/C21H20ClN3O/c1-12(2)23-21-20-18(13(3)25-26-20)16-6-4-5-7-17(16)19(24-21)14-8-10-15(22)11-9-14/h4-12,21,23H,1-3H3/t21-/m1/s1. The van der Waals surface area contributed by atoms with Crippen molar-refractivity contribution in [1.82, 2.24) is 10.5 Å². The van der Waals surface area contributed by atoms with Crippen LogP contribution in [0.1, 0.15) is 42.6 Å². The molecule has 132 valence electrons. The summed E-state index contributed by atoms with van der Waals surface area (Å²) in [7, 11) is 0. The van der Waals surface area contributed by atoms with Crippen LogP contribution in [0.5, 0.6) is 0 Å². The van der Waals surface area contributed by atoms with Crippen LogP contribution in [0.25, 0.3) is 11.1 Å². The molecule has 4 rings (SSSR count). The zero-order valence-corrected chi connectivity index (χ0v) is 15.7. The van der Waals surface area contributed by atoms with Crippen LogP contribution in [0.4, 0.5) is 0 Å². The molecule has 0 radical (unpaired) electrons.